The van der Waals surface area contributed by atoms with Gasteiger partial charge in [0.15, 0.2) is 0 Å². The lowest BCUT2D eigenvalue weighted by Gasteiger charge is -2.01. The van der Waals surface area contributed by atoms with Crippen molar-refractivity contribution < 1.29 is 4.74 Å². The highest BCUT2D eigenvalue weighted by Crippen LogP contribution is 2.51. The van der Waals surface area contributed by atoms with Crippen LogP contribution in [0.1, 0.15) is 34.6 Å². The van der Waals surface area contributed by atoms with Gasteiger partial charge in [-0.15, -0.1) is 0 Å². The van der Waals surface area contributed by atoms with Crippen molar-refractivity contribution in [2.75, 3.05) is 5.73 Å². The molecule has 134 valence electrons. The van der Waals surface area contributed by atoms with Crippen molar-refractivity contribution in [1.82, 2.24) is 10.2 Å². The van der Waals surface area contributed by atoms with Gasteiger partial charge in [-0.3, -0.25) is 5.10 Å². The van der Waals surface area contributed by atoms with Crippen molar-refractivity contribution >= 4 is 16.6 Å². The quantitative estimate of drug-likeness (QED) is 0.401. The van der Waals surface area contributed by atoms with E-state index in [1.165, 1.54) is 16.6 Å². The number of hydrogen-bond acceptors (Lipinski definition) is 3. The van der Waals surface area contributed by atoms with E-state index in [2.05, 4.69) is 58.7 Å². The predicted octanol–water partition coefficient (Wildman–Crippen LogP) is 4.74. The zero-order valence-electron chi connectivity index (χ0n) is 14.9. The molecule has 1 saturated heterocycles. The Bertz CT molecular complexity index is 1090. The number of aromatic amines is 1. The maximum atomic E-state index is 5.91. The summed E-state index contributed by atoms with van der Waals surface area (Å²) in [6.07, 6.45) is 2.12. The third-order valence-electron chi connectivity index (χ3n) is 5.22. The molecule has 4 aromatic rings. The molecule has 1 aliphatic rings. The van der Waals surface area contributed by atoms with Crippen LogP contribution in [0.2, 0.25) is 0 Å². The van der Waals surface area contributed by atoms with Crippen molar-refractivity contribution in [2.45, 2.75) is 25.0 Å². The lowest BCUT2D eigenvalue weighted by atomic mass is 10.0. The Hall–Kier alpha value is -3.11. The van der Waals surface area contributed by atoms with Gasteiger partial charge in [0.1, 0.15) is 12.2 Å². The van der Waals surface area contributed by atoms with E-state index >= 15 is 0 Å². The number of nitrogens with one attached hydrogen (secondary N) is 1. The topological polar surface area (TPSA) is 67.2 Å². The second-order valence-corrected chi connectivity index (χ2v) is 7.11. The van der Waals surface area contributed by atoms with Gasteiger partial charge in [-0.2, -0.15) is 5.10 Å². The number of epoxide rings is 1. The smallest absolute Gasteiger partial charge is 0.114 e. The van der Waals surface area contributed by atoms with Gasteiger partial charge in [0.2, 0.25) is 0 Å². The molecule has 1 fully saturated rings. The summed E-state index contributed by atoms with van der Waals surface area (Å²) in [5.41, 5.74) is 12.5. The van der Waals surface area contributed by atoms with Crippen LogP contribution in [0.15, 0.2) is 72.8 Å². The summed E-state index contributed by atoms with van der Waals surface area (Å²) in [6, 6.07) is 24.9. The number of nitrogens with zero attached hydrogens (tertiary/aromatic N) is 1. The highest BCUT2D eigenvalue weighted by molar-refractivity contribution is 5.82. The highest BCUT2D eigenvalue weighted by atomic mass is 16.6. The number of H-pyrrole nitrogens is 1. The zero-order valence-corrected chi connectivity index (χ0v) is 14.9. The standard InChI is InChI=1S/C23H21N3O/c24-18-8-4-7-16(13-18)22-23(27-22)17-10-11-19-20(25-26-21(19)14-17)12-9-15-5-2-1-3-6-15/h1-8,10-11,13-14,22-23H,9,12,24H2,(H,25,26). The molecule has 0 spiro atoms. The number of nitrogens with two attached hydrogens (primary N) is 1. The van der Waals surface area contributed by atoms with Crippen LogP contribution in [0.5, 0.6) is 0 Å². The minimum Gasteiger partial charge on any atom is -0.399 e. The minimum absolute atomic E-state index is 0.0840. The fourth-order valence-electron chi connectivity index (χ4n) is 3.72. The molecule has 2 atom stereocenters. The van der Waals surface area contributed by atoms with E-state index in [0.29, 0.717) is 0 Å². The molecule has 2 unspecified atom stereocenters. The molecular weight excluding hydrogens is 334 g/mol. The molecule has 0 bridgehead atoms. The Kier molecular flexibility index (Phi) is 3.91. The Morgan fingerprint density at radius 2 is 1.67 bits per heavy atom. The molecule has 1 aliphatic heterocycles. The largest absolute Gasteiger partial charge is 0.399 e. The summed E-state index contributed by atoms with van der Waals surface area (Å²) in [4.78, 5) is 0. The number of benzene rings is 3. The van der Waals surface area contributed by atoms with Crippen LogP contribution in [-0.2, 0) is 17.6 Å². The molecule has 0 aliphatic carbocycles. The van der Waals surface area contributed by atoms with Crippen molar-refractivity contribution in [3.63, 3.8) is 0 Å². The average molecular weight is 355 g/mol. The fourth-order valence-corrected chi connectivity index (χ4v) is 3.72. The Morgan fingerprint density at radius 3 is 2.48 bits per heavy atom. The van der Waals surface area contributed by atoms with Gasteiger partial charge >= 0.3 is 0 Å². The molecule has 1 aromatic heterocycles. The first kappa shape index (κ1) is 16.1. The lowest BCUT2D eigenvalue weighted by Crippen LogP contribution is -1.92. The molecule has 5 rings (SSSR count). The van der Waals surface area contributed by atoms with Crippen molar-refractivity contribution in [1.29, 1.82) is 0 Å². The minimum atomic E-state index is 0.0840. The first-order valence-electron chi connectivity index (χ1n) is 9.30. The molecule has 3 aromatic carbocycles. The Labute approximate surface area is 158 Å². The van der Waals surface area contributed by atoms with Crippen LogP contribution in [0.25, 0.3) is 10.9 Å². The summed E-state index contributed by atoms with van der Waals surface area (Å²) in [6.45, 7) is 0. The molecule has 4 heteroatoms. The van der Waals surface area contributed by atoms with Crippen LogP contribution in [0.4, 0.5) is 5.69 Å². The molecule has 2 heterocycles. The lowest BCUT2D eigenvalue weighted by molar-refractivity contribution is 0.378. The van der Waals surface area contributed by atoms with Gasteiger partial charge in [0, 0.05) is 16.8 Å². The second kappa shape index (κ2) is 6.56. The van der Waals surface area contributed by atoms with Crippen molar-refractivity contribution in [3.8, 4) is 0 Å². The van der Waals surface area contributed by atoms with E-state index in [9.17, 15) is 0 Å². The number of aryl methyl sites for hydroxylation is 2. The average Bonchev–Trinajstić information content (AvgIpc) is 3.41. The normalized spacial score (nSPS) is 18.7. The van der Waals surface area contributed by atoms with Gasteiger partial charge in [0.25, 0.3) is 0 Å². The highest BCUT2D eigenvalue weighted by Gasteiger charge is 2.41. The van der Waals surface area contributed by atoms with E-state index in [1.807, 2.05) is 24.3 Å². The van der Waals surface area contributed by atoms with E-state index in [4.69, 9.17) is 10.5 Å². The Balaban J connectivity index is 1.33. The zero-order chi connectivity index (χ0) is 18.2. The first-order valence-corrected chi connectivity index (χ1v) is 9.30. The van der Waals surface area contributed by atoms with Gasteiger partial charge in [-0.05, 0) is 47.7 Å². The van der Waals surface area contributed by atoms with E-state index in [-0.39, 0.29) is 12.2 Å². The fraction of sp³-hybridized carbons (Fsp3) is 0.174. The van der Waals surface area contributed by atoms with Crippen LogP contribution < -0.4 is 5.73 Å². The maximum absolute atomic E-state index is 5.91. The number of hydrogen-bond donors (Lipinski definition) is 2. The monoisotopic (exact) mass is 355 g/mol. The third-order valence-corrected chi connectivity index (χ3v) is 5.22. The summed E-state index contributed by atoms with van der Waals surface area (Å²) in [7, 11) is 0. The maximum Gasteiger partial charge on any atom is 0.114 e. The van der Waals surface area contributed by atoms with Gasteiger partial charge in [-0.1, -0.05) is 54.6 Å². The molecule has 0 saturated carbocycles. The summed E-state index contributed by atoms with van der Waals surface area (Å²) >= 11 is 0. The van der Waals surface area contributed by atoms with Gasteiger partial charge in [0.05, 0.1) is 5.52 Å². The number of nitrogen functional groups attached to an aromatic ring is 1. The number of fused-ring (bicyclic) bond motifs is 1. The molecule has 4 nitrogen and oxygen atoms in total. The second-order valence-electron chi connectivity index (χ2n) is 7.11. The molecule has 27 heavy (non-hydrogen) atoms. The van der Waals surface area contributed by atoms with E-state index in [0.717, 1.165) is 35.2 Å². The predicted molar refractivity (Wildman–Crippen MR) is 107 cm³/mol. The van der Waals surface area contributed by atoms with Gasteiger partial charge in [-0.25, -0.2) is 0 Å². The van der Waals surface area contributed by atoms with Crippen molar-refractivity contribution in [3.05, 3.63) is 95.2 Å². The summed E-state index contributed by atoms with van der Waals surface area (Å²) in [5, 5.41) is 8.92. The van der Waals surface area contributed by atoms with E-state index < -0.39 is 0 Å². The number of anilines is 1. The van der Waals surface area contributed by atoms with Crippen molar-refractivity contribution in [2.24, 2.45) is 0 Å². The molecule has 0 amide bonds. The number of aromatic nitrogens is 2. The first-order chi connectivity index (χ1) is 13.3. The molecule has 0 radical (unpaired) electrons. The summed E-state index contributed by atoms with van der Waals surface area (Å²) < 4.78 is 5.91. The Morgan fingerprint density at radius 1 is 0.852 bits per heavy atom. The van der Waals surface area contributed by atoms with Crippen LogP contribution in [0, 0.1) is 0 Å². The SMILES string of the molecule is Nc1cccc(C2OC2c2ccc3c(CCc4ccccc4)[nH]nc3c2)c1. The van der Waals surface area contributed by atoms with Crippen LogP contribution >= 0.6 is 0 Å². The summed E-state index contributed by atoms with van der Waals surface area (Å²) in [5.74, 6) is 0. The van der Waals surface area contributed by atoms with Gasteiger partial charge < -0.3 is 10.5 Å². The number of rotatable bonds is 5. The molecule has 3 N–H and O–H groups in total. The molecular formula is C23H21N3O. The third kappa shape index (κ3) is 3.20. The van der Waals surface area contributed by atoms with E-state index in [1.54, 1.807) is 0 Å². The van der Waals surface area contributed by atoms with Crippen LogP contribution in [-0.4, -0.2) is 10.2 Å². The number of ether oxygens (including phenoxy) is 1. The van der Waals surface area contributed by atoms with Crippen LogP contribution in [0.3, 0.4) is 0 Å².